The Hall–Kier alpha value is -2.11. The molecular formula is C13H10Cl2N2O3. The van der Waals surface area contributed by atoms with Crippen LogP contribution in [0.2, 0.25) is 5.15 Å². The Labute approximate surface area is 126 Å². The highest BCUT2D eigenvalue weighted by molar-refractivity contribution is 6.33. The molecule has 104 valence electrons. The third-order valence-electron chi connectivity index (χ3n) is 2.37. The molecule has 1 aromatic heterocycles. The number of anilines is 1. The molecule has 1 aromatic carbocycles. The number of amides is 1. The van der Waals surface area contributed by atoms with Crippen molar-refractivity contribution in [2.75, 3.05) is 5.32 Å². The summed E-state index contributed by atoms with van der Waals surface area (Å²) in [5.74, 6) is -1.50. The number of rotatable bonds is 3. The van der Waals surface area contributed by atoms with Crippen molar-refractivity contribution in [2.45, 2.75) is 0 Å². The first kappa shape index (κ1) is 15.9. The molecule has 0 bridgehead atoms. The average molecular weight is 313 g/mol. The van der Waals surface area contributed by atoms with Gasteiger partial charge in [0.05, 0.1) is 11.1 Å². The summed E-state index contributed by atoms with van der Waals surface area (Å²) >= 11 is 5.80. The molecule has 2 N–H and O–H groups in total. The van der Waals surface area contributed by atoms with E-state index in [-0.39, 0.29) is 28.7 Å². The number of carbonyl (C=O) groups excluding carboxylic acids is 1. The Morgan fingerprint density at radius 2 is 1.95 bits per heavy atom. The van der Waals surface area contributed by atoms with Gasteiger partial charge in [-0.3, -0.25) is 4.79 Å². The maximum atomic E-state index is 11.9. The highest BCUT2D eigenvalue weighted by atomic mass is 35.5. The van der Waals surface area contributed by atoms with Crippen molar-refractivity contribution >= 4 is 41.6 Å². The molecule has 0 aliphatic carbocycles. The van der Waals surface area contributed by atoms with Crippen LogP contribution in [-0.4, -0.2) is 22.0 Å². The summed E-state index contributed by atoms with van der Waals surface area (Å²) in [6, 6.07) is 9.07. The number of pyridine rings is 1. The molecule has 1 heterocycles. The number of benzene rings is 1. The number of nitrogens with zero attached hydrogens (tertiary/aromatic N) is 1. The number of aromatic carboxylic acids is 1. The fourth-order valence-electron chi connectivity index (χ4n) is 1.48. The van der Waals surface area contributed by atoms with E-state index in [9.17, 15) is 9.59 Å². The molecule has 0 spiro atoms. The number of aromatic nitrogens is 1. The van der Waals surface area contributed by atoms with E-state index in [0.29, 0.717) is 5.69 Å². The Bertz CT molecular complexity index is 647. The summed E-state index contributed by atoms with van der Waals surface area (Å²) < 4.78 is 0. The number of halogens is 2. The van der Waals surface area contributed by atoms with Gasteiger partial charge in [-0.05, 0) is 30.3 Å². The summed E-state index contributed by atoms with van der Waals surface area (Å²) in [6.45, 7) is 0. The van der Waals surface area contributed by atoms with E-state index in [1.54, 1.807) is 18.2 Å². The van der Waals surface area contributed by atoms with E-state index in [2.05, 4.69) is 10.3 Å². The molecule has 2 rings (SSSR count). The van der Waals surface area contributed by atoms with Gasteiger partial charge >= 0.3 is 5.97 Å². The van der Waals surface area contributed by atoms with Crippen LogP contribution in [0.1, 0.15) is 20.7 Å². The molecule has 2 aromatic rings. The standard InChI is InChI=1S/C13H9ClN2O3.ClH/c14-11-10(5-2-6-15-11)12(17)16-9-4-1-3-8(7-9)13(18)19;/h1-7H,(H,16,17)(H,18,19);1H. The number of hydrogen-bond donors (Lipinski definition) is 2. The minimum atomic E-state index is -1.06. The maximum Gasteiger partial charge on any atom is 0.335 e. The second-order valence-corrected chi connectivity index (χ2v) is 4.04. The first-order valence-electron chi connectivity index (χ1n) is 5.33. The third-order valence-corrected chi connectivity index (χ3v) is 2.67. The van der Waals surface area contributed by atoms with Gasteiger partial charge in [-0.2, -0.15) is 0 Å². The number of carboxylic acid groups (broad SMARTS) is 1. The van der Waals surface area contributed by atoms with E-state index >= 15 is 0 Å². The monoisotopic (exact) mass is 312 g/mol. The van der Waals surface area contributed by atoms with Crippen LogP contribution in [0.4, 0.5) is 5.69 Å². The van der Waals surface area contributed by atoms with Crippen molar-refractivity contribution in [1.82, 2.24) is 4.98 Å². The van der Waals surface area contributed by atoms with Crippen LogP contribution in [-0.2, 0) is 0 Å². The summed E-state index contributed by atoms with van der Waals surface area (Å²) in [5.41, 5.74) is 0.699. The molecule has 0 atom stereocenters. The summed E-state index contributed by atoms with van der Waals surface area (Å²) in [4.78, 5) is 26.6. The van der Waals surface area contributed by atoms with Gasteiger partial charge in [0.2, 0.25) is 0 Å². The lowest BCUT2D eigenvalue weighted by Crippen LogP contribution is -2.13. The lowest BCUT2D eigenvalue weighted by Gasteiger charge is -2.06. The predicted octanol–water partition coefficient (Wildman–Crippen LogP) is 3.11. The smallest absolute Gasteiger partial charge is 0.335 e. The van der Waals surface area contributed by atoms with Crippen molar-refractivity contribution in [3.63, 3.8) is 0 Å². The third kappa shape index (κ3) is 3.69. The minimum Gasteiger partial charge on any atom is -0.478 e. The van der Waals surface area contributed by atoms with E-state index in [1.807, 2.05) is 0 Å². The van der Waals surface area contributed by atoms with Crippen LogP contribution in [0.15, 0.2) is 42.6 Å². The van der Waals surface area contributed by atoms with Gasteiger partial charge in [-0.15, -0.1) is 12.4 Å². The van der Waals surface area contributed by atoms with Crippen molar-refractivity contribution in [1.29, 1.82) is 0 Å². The first-order chi connectivity index (χ1) is 9.08. The maximum absolute atomic E-state index is 11.9. The number of carbonyl (C=O) groups is 2. The van der Waals surface area contributed by atoms with Gasteiger partial charge in [0.1, 0.15) is 5.15 Å². The Balaban J connectivity index is 0.00000200. The van der Waals surface area contributed by atoms with Gasteiger partial charge in [-0.1, -0.05) is 17.7 Å². The van der Waals surface area contributed by atoms with Gasteiger partial charge in [-0.25, -0.2) is 9.78 Å². The van der Waals surface area contributed by atoms with Crippen molar-refractivity contribution in [3.05, 3.63) is 58.9 Å². The Morgan fingerprint density at radius 3 is 2.60 bits per heavy atom. The number of nitrogens with one attached hydrogen (secondary N) is 1. The van der Waals surface area contributed by atoms with Crippen LogP contribution in [0.3, 0.4) is 0 Å². The molecule has 0 saturated heterocycles. The molecule has 7 heteroatoms. The lowest BCUT2D eigenvalue weighted by atomic mass is 10.2. The van der Waals surface area contributed by atoms with Crippen LogP contribution in [0.5, 0.6) is 0 Å². The van der Waals surface area contributed by atoms with Crippen LogP contribution < -0.4 is 5.32 Å². The fourth-order valence-corrected chi connectivity index (χ4v) is 1.69. The lowest BCUT2D eigenvalue weighted by molar-refractivity contribution is 0.0696. The zero-order valence-corrected chi connectivity index (χ0v) is 11.6. The Kier molecular flexibility index (Phi) is 5.49. The Morgan fingerprint density at radius 1 is 1.20 bits per heavy atom. The topological polar surface area (TPSA) is 79.3 Å². The second kappa shape index (κ2) is 6.88. The quantitative estimate of drug-likeness (QED) is 0.853. The van der Waals surface area contributed by atoms with Crippen LogP contribution in [0.25, 0.3) is 0 Å². The average Bonchev–Trinajstić information content (AvgIpc) is 2.39. The SMILES string of the molecule is Cl.O=C(O)c1cccc(NC(=O)c2cccnc2Cl)c1. The summed E-state index contributed by atoms with van der Waals surface area (Å²) in [7, 11) is 0. The van der Waals surface area contributed by atoms with Crippen LogP contribution >= 0.6 is 24.0 Å². The molecular weight excluding hydrogens is 303 g/mol. The zero-order valence-electron chi connectivity index (χ0n) is 10.0. The first-order valence-corrected chi connectivity index (χ1v) is 5.71. The fraction of sp³-hybridized carbons (Fsp3) is 0. The minimum absolute atomic E-state index is 0. The highest BCUT2D eigenvalue weighted by Crippen LogP contribution is 2.16. The van der Waals surface area contributed by atoms with E-state index in [4.69, 9.17) is 16.7 Å². The molecule has 0 radical (unpaired) electrons. The summed E-state index contributed by atoms with van der Waals surface area (Å²) in [5, 5.41) is 11.5. The number of carboxylic acids is 1. The van der Waals surface area contributed by atoms with E-state index in [1.165, 1.54) is 24.4 Å². The molecule has 1 amide bonds. The summed E-state index contributed by atoms with van der Waals surface area (Å²) in [6.07, 6.45) is 1.48. The zero-order chi connectivity index (χ0) is 13.8. The van der Waals surface area contributed by atoms with Gasteiger partial charge in [0.25, 0.3) is 5.91 Å². The molecule has 0 saturated carbocycles. The van der Waals surface area contributed by atoms with Crippen molar-refractivity contribution in [3.8, 4) is 0 Å². The molecule has 0 fully saturated rings. The second-order valence-electron chi connectivity index (χ2n) is 3.68. The van der Waals surface area contributed by atoms with Gasteiger partial charge < -0.3 is 10.4 Å². The predicted molar refractivity (Wildman–Crippen MR) is 77.8 cm³/mol. The van der Waals surface area contributed by atoms with Gasteiger partial charge in [0.15, 0.2) is 0 Å². The molecule has 0 unspecified atom stereocenters. The largest absolute Gasteiger partial charge is 0.478 e. The van der Waals surface area contributed by atoms with Crippen LogP contribution in [0, 0.1) is 0 Å². The molecule has 20 heavy (non-hydrogen) atoms. The van der Waals surface area contributed by atoms with Crippen molar-refractivity contribution < 1.29 is 14.7 Å². The van der Waals surface area contributed by atoms with E-state index in [0.717, 1.165) is 0 Å². The molecule has 0 aliphatic heterocycles. The molecule has 0 aliphatic rings. The van der Waals surface area contributed by atoms with E-state index < -0.39 is 11.9 Å². The number of hydrogen-bond acceptors (Lipinski definition) is 3. The highest BCUT2D eigenvalue weighted by Gasteiger charge is 2.11. The molecule has 5 nitrogen and oxygen atoms in total. The normalized spacial score (nSPS) is 9.45. The van der Waals surface area contributed by atoms with Crippen molar-refractivity contribution in [2.24, 2.45) is 0 Å². The van der Waals surface area contributed by atoms with Gasteiger partial charge in [0, 0.05) is 11.9 Å².